The first-order valence-corrected chi connectivity index (χ1v) is 7.12. The lowest BCUT2D eigenvalue weighted by Gasteiger charge is -2.21. The third kappa shape index (κ3) is 4.77. The van der Waals surface area contributed by atoms with Crippen molar-refractivity contribution < 1.29 is 0 Å². The van der Waals surface area contributed by atoms with Crippen molar-refractivity contribution in [3.8, 4) is 0 Å². The summed E-state index contributed by atoms with van der Waals surface area (Å²) in [6.07, 6.45) is 2.67. The van der Waals surface area contributed by atoms with Crippen LogP contribution in [0, 0.1) is 17.8 Å². The Labute approximate surface area is 111 Å². The van der Waals surface area contributed by atoms with Crippen LogP contribution in [0.5, 0.6) is 0 Å². The number of nitrogens with one attached hydrogen (secondary N) is 1. The van der Waals surface area contributed by atoms with Crippen molar-refractivity contribution in [2.45, 2.75) is 47.6 Å². The summed E-state index contributed by atoms with van der Waals surface area (Å²) in [5.74, 6) is 3.10. The number of hydrogen-bond acceptors (Lipinski definition) is 3. The van der Waals surface area contributed by atoms with E-state index in [2.05, 4.69) is 50.0 Å². The van der Waals surface area contributed by atoms with E-state index in [1.807, 2.05) is 4.68 Å². The van der Waals surface area contributed by atoms with Crippen LogP contribution < -0.4 is 5.32 Å². The molecular formula is C14H28N4. The van der Waals surface area contributed by atoms with E-state index in [4.69, 9.17) is 0 Å². The highest BCUT2D eigenvalue weighted by molar-refractivity contribution is 4.88. The van der Waals surface area contributed by atoms with Crippen LogP contribution in [0.1, 0.15) is 40.4 Å². The van der Waals surface area contributed by atoms with E-state index < -0.39 is 0 Å². The number of aryl methyl sites for hydroxylation is 1. The quantitative estimate of drug-likeness (QED) is 0.772. The van der Waals surface area contributed by atoms with E-state index in [-0.39, 0.29) is 0 Å². The SMILES string of the molecule is CCn1ncnc1CC(CNCC(C)C)C(C)C. The highest BCUT2D eigenvalue weighted by atomic mass is 15.3. The molecule has 18 heavy (non-hydrogen) atoms. The van der Waals surface area contributed by atoms with Crippen molar-refractivity contribution in [2.75, 3.05) is 13.1 Å². The Morgan fingerprint density at radius 2 is 1.94 bits per heavy atom. The molecule has 1 aromatic rings. The van der Waals surface area contributed by atoms with Crippen LogP contribution in [0.3, 0.4) is 0 Å². The van der Waals surface area contributed by atoms with Crippen LogP contribution in [-0.4, -0.2) is 27.9 Å². The van der Waals surface area contributed by atoms with Gasteiger partial charge in [0.25, 0.3) is 0 Å². The minimum atomic E-state index is 0.623. The molecule has 0 bridgehead atoms. The van der Waals surface area contributed by atoms with Crippen LogP contribution in [0.2, 0.25) is 0 Å². The van der Waals surface area contributed by atoms with Gasteiger partial charge in [0.05, 0.1) is 0 Å². The Morgan fingerprint density at radius 3 is 2.50 bits per heavy atom. The van der Waals surface area contributed by atoms with E-state index in [9.17, 15) is 0 Å². The second kappa shape index (κ2) is 7.52. The topological polar surface area (TPSA) is 42.7 Å². The molecule has 1 heterocycles. The van der Waals surface area contributed by atoms with Gasteiger partial charge in [0.2, 0.25) is 0 Å². The van der Waals surface area contributed by atoms with E-state index >= 15 is 0 Å². The van der Waals surface area contributed by atoms with E-state index in [0.717, 1.165) is 31.9 Å². The zero-order valence-electron chi connectivity index (χ0n) is 12.5. The Bertz CT molecular complexity index is 330. The molecule has 0 fully saturated rings. The van der Waals surface area contributed by atoms with Crippen LogP contribution in [-0.2, 0) is 13.0 Å². The van der Waals surface area contributed by atoms with Gasteiger partial charge in [-0.2, -0.15) is 5.10 Å². The maximum absolute atomic E-state index is 4.38. The van der Waals surface area contributed by atoms with Crippen molar-refractivity contribution in [1.29, 1.82) is 0 Å². The Hall–Kier alpha value is -0.900. The van der Waals surface area contributed by atoms with E-state index in [0.29, 0.717) is 17.8 Å². The fourth-order valence-corrected chi connectivity index (χ4v) is 2.05. The van der Waals surface area contributed by atoms with Gasteiger partial charge in [-0.25, -0.2) is 4.98 Å². The molecule has 104 valence electrons. The van der Waals surface area contributed by atoms with Crippen LogP contribution in [0.15, 0.2) is 6.33 Å². The summed E-state index contributed by atoms with van der Waals surface area (Å²) in [6, 6.07) is 0. The van der Waals surface area contributed by atoms with Gasteiger partial charge in [-0.3, -0.25) is 4.68 Å². The summed E-state index contributed by atoms with van der Waals surface area (Å²) >= 11 is 0. The monoisotopic (exact) mass is 252 g/mol. The molecule has 4 heteroatoms. The molecule has 1 rings (SSSR count). The molecule has 0 aliphatic heterocycles. The van der Waals surface area contributed by atoms with E-state index in [1.165, 1.54) is 0 Å². The molecule has 1 unspecified atom stereocenters. The number of rotatable bonds is 8. The fourth-order valence-electron chi connectivity index (χ4n) is 2.05. The maximum Gasteiger partial charge on any atom is 0.138 e. The van der Waals surface area contributed by atoms with Crippen LogP contribution >= 0.6 is 0 Å². The van der Waals surface area contributed by atoms with E-state index in [1.54, 1.807) is 6.33 Å². The van der Waals surface area contributed by atoms with Gasteiger partial charge < -0.3 is 5.32 Å². The minimum absolute atomic E-state index is 0.623. The molecular weight excluding hydrogens is 224 g/mol. The van der Waals surface area contributed by atoms with Crippen molar-refractivity contribution in [3.63, 3.8) is 0 Å². The highest BCUT2D eigenvalue weighted by Gasteiger charge is 2.17. The molecule has 0 radical (unpaired) electrons. The van der Waals surface area contributed by atoms with Gasteiger partial charge in [-0.05, 0) is 37.8 Å². The van der Waals surface area contributed by atoms with Gasteiger partial charge in [0.15, 0.2) is 0 Å². The third-order valence-corrected chi connectivity index (χ3v) is 3.34. The molecule has 1 N–H and O–H groups in total. The Kier molecular flexibility index (Phi) is 6.33. The van der Waals surface area contributed by atoms with Gasteiger partial charge in [-0.15, -0.1) is 0 Å². The summed E-state index contributed by atoms with van der Waals surface area (Å²) in [5, 5.41) is 7.80. The normalized spacial score (nSPS) is 13.5. The number of nitrogens with zero attached hydrogens (tertiary/aromatic N) is 3. The molecule has 0 aromatic carbocycles. The first-order chi connectivity index (χ1) is 8.54. The first-order valence-electron chi connectivity index (χ1n) is 7.12. The number of hydrogen-bond donors (Lipinski definition) is 1. The summed E-state index contributed by atoms with van der Waals surface area (Å²) in [7, 11) is 0. The van der Waals surface area contributed by atoms with Gasteiger partial charge in [-0.1, -0.05) is 27.7 Å². The highest BCUT2D eigenvalue weighted by Crippen LogP contribution is 2.15. The van der Waals surface area contributed by atoms with Crippen molar-refractivity contribution in [2.24, 2.45) is 17.8 Å². The van der Waals surface area contributed by atoms with Crippen molar-refractivity contribution in [3.05, 3.63) is 12.2 Å². The molecule has 0 saturated heterocycles. The third-order valence-electron chi connectivity index (χ3n) is 3.34. The van der Waals surface area contributed by atoms with Crippen molar-refractivity contribution >= 4 is 0 Å². The largest absolute Gasteiger partial charge is 0.316 e. The number of aromatic nitrogens is 3. The summed E-state index contributed by atoms with van der Waals surface area (Å²) in [4.78, 5) is 4.38. The standard InChI is InChI=1S/C14H28N4/c1-6-18-14(16-10-17-18)7-13(12(4)5)9-15-8-11(2)3/h10-13,15H,6-9H2,1-5H3. The predicted octanol–water partition coefficient (Wildman–Crippen LogP) is 2.36. The fraction of sp³-hybridized carbons (Fsp3) is 0.857. The molecule has 0 amide bonds. The van der Waals surface area contributed by atoms with Crippen LogP contribution in [0.4, 0.5) is 0 Å². The van der Waals surface area contributed by atoms with Gasteiger partial charge >= 0.3 is 0 Å². The maximum atomic E-state index is 4.38. The second-order valence-electron chi connectivity index (χ2n) is 5.75. The summed E-state index contributed by atoms with van der Waals surface area (Å²) in [5.41, 5.74) is 0. The minimum Gasteiger partial charge on any atom is -0.316 e. The molecule has 0 aliphatic carbocycles. The van der Waals surface area contributed by atoms with Crippen LogP contribution in [0.25, 0.3) is 0 Å². The molecule has 0 spiro atoms. The molecule has 0 saturated carbocycles. The lowest BCUT2D eigenvalue weighted by molar-refractivity contribution is 0.342. The predicted molar refractivity (Wildman–Crippen MR) is 75.4 cm³/mol. The second-order valence-corrected chi connectivity index (χ2v) is 5.75. The molecule has 4 nitrogen and oxygen atoms in total. The lowest BCUT2D eigenvalue weighted by Crippen LogP contribution is -2.31. The van der Waals surface area contributed by atoms with Gasteiger partial charge in [0, 0.05) is 13.0 Å². The molecule has 1 aromatic heterocycles. The Balaban J connectivity index is 2.52. The van der Waals surface area contributed by atoms with Crippen molar-refractivity contribution in [1.82, 2.24) is 20.1 Å². The zero-order valence-corrected chi connectivity index (χ0v) is 12.5. The average Bonchev–Trinajstić information content (AvgIpc) is 2.74. The summed E-state index contributed by atoms with van der Waals surface area (Å²) in [6.45, 7) is 14.2. The molecule has 1 atom stereocenters. The lowest BCUT2D eigenvalue weighted by atomic mass is 9.92. The first kappa shape index (κ1) is 15.2. The average molecular weight is 252 g/mol. The summed E-state index contributed by atoms with van der Waals surface area (Å²) < 4.78 is 2.00. The van der Waals surface area contributed by atoms with Gasteiger partial charge in [0.1, 0.15) is 12.2 Å². The smallest absolute Gasteiger partial charge is 0.138 e. The molecule has 0 aliphatic rings. The Morgan fingerprint density at radius 1 is 1.22 bits per heavy atom. The zero-order chi connectivity index (χ0) is 13.5.